The number of halogens is 1. The van der Waals surface area contributed by atoms with E-state index in [-0.39, 0.29) is 37.9 Å². The second-order valence-electron chi connectivity index (χ2n) is 9.66. The van der Waals surface area contributed by atoms with E-state index in [2.05, 4.69) is 5.32 Å². The first kappa shape index (κ1) is 29.3. The van der Waals surface area contributed by atoms with Crippen molar-refractivity contribution in [2.45, 2.75) is 39.0 Å². The summed E-state index contributed by atoms with van der Waals surface area (Å²) in [5.41, 5.74) is 3.08. The summed E-state index contributed by atoms with van der Waals surface area (Å²) in [6.45, 7) is 3.54. The molecule has 3 aromatic carbocycles. The van der Waals surface area contributed by atoms with Crippen molar-refractivity contribution in [2.75, 3.05) is 13.1 Å². The van der Waals surface area contributed by atoms with E-state index >= 15 is 0 Å². The third-order valence-electron chi connectivity index (χ3n) is 5.93. The second kappa shape index (κ2) is 14.1. The van der Waals surface area contributed by atoms with Crippen LogP contribution in [0.25, 0.3) is 11.1 Å². The standard InChI is InChI=1S/C30H33FN2O6/c1-20(2)17-33(18-27(34)29(37)39-19-22-6-4-3-5-7-22)30(38)32-26(28(35)36)16-21-8-10-23(11-9-21)24-12-14-25(31)15-13-24/h3-15,20,26-27,34H,16-19H2,1-2H3,(H,32,38)(H,35,36)/t26-,27?/m0/s1. The van der Waals surface area contributed by atoms with Gasteiger partial charge in [0.1, 0.15) is 18.5 Å². The predicted octanol–water partition coefficient (Wildman–Crippen LogP) is 4.26. The minimum Gasteiger partial charge on any atom is -0.480 e. The molecule has 0 saturated heterocycles. The van der Waals surface area contributed by atoms with Gasteiger partial charge in [0.15, 0.2) is 6.10 Å². The Morgan fingerprint density at radius 3 is 2.03 bits per heavy atom. The van der Waals surface area contributed by atoms with Crippen molar-refractivity contribution < 1.29 is 33.7 Å². The van der Waals surface area contributed by atoms with Crippen molar-refractivity contribution >= 4 is 18.0 Å². The number of aliphatic carboxylic acids is 1. The average molecular weight is 537 g/mol. The number of nitrogens with zero attached hydrogens (tertiary/aromatic N) is 1. The Hall–Kier alpha value is -4.24. The van der Waals surface area contributed by atoms with Gasteiger partial charge in [-0.05, 0) is 40.3 Å². The van der Waals surface area contributed by atoms with E-state index in [9.17, 15) is 29.0 Å². The topological polar surface area (TPSA) is 116 Å². The first-order chi connectivity index (χ1) is 18.6. The molecule has 0 aliphatic carbocycles. The number of rotatable bonds is 12. The molecule has 206 valence electrons. The van der Waals surface area contributed by atoms with Gasteiger partial charge in [0.05, 0.1) is 6.54 Å². The Kier molecular flexibility index (Phi) is 10.6. The van der Waals surface area contributed by atoms with Gasteiger partial charge in [0, 0.05) is 13.0 Å². The zero-order chi connectivity index (χ0) is 28.4. The summed E-state index contributed by atoms with van der Waals surface area (Å²) in [5, 5.41) is 22.7. The minimum atomic E-state index is -1.60. The van der Waals surface area contributed by atoms with E-state index in [1.807, 2.05) is 19.9 Å². The Labute approximate surface area is 227 Å². The molecule has 0 aliphatic heterocycles. The van der Waals surface area contributed by atoms with Crippen LogP contribution in [0.2, 0.25) is 0 Å². The quantitative estimate of drug-likeness (QED) is 0.298. The highest BCUT2D eigenvalue weighted by molar-refractivity contribution is 5.83. The summed E-state index contributed by atoms with van der Waals surface area (Å²) in [7, 11) is 0. The lowest BCUT2D eigenvalue weighted by atomic mass is 10.0. The van der Waals surface area contributed by atoms with Crippen molar-refractivity contribution in [3.8, 4) is 11.1 Å². The van der Waals surface area contributed by atoms with Crippen LogP contribution in [0.4, 0.5) is 9.18 Å². The third-order valence-corrected chi connectivity index (χ3v) is 5.93. The van der Waals surface area contributed by atoms with Gasteiger partial charge in [0.2, 0.25) is 0 Å². The van der Waals surface area contributed by atoms with Gasteiger partial charge in [0.25, 0.3) is 0 Å². The van der Waals surface area contributed by atoms with E-state index in [0.717, 1.165) is 16.7 Å². The molecule has 0 aliphatic rings. The lowest BCUT2D eigenvalue weighted by Crippen LogP contribution is -2.52. The second-order valence-corrected chi connectivity index (χ2v) is 9.66. The summed E-state index contributed by atoms with van der Waals surface area (Å²) in [6.07, 6.45) is -1.58. The molecule has 0 saturated carbocycles. The van der Waals surface area contributed by atoms with Gasteiger partial charge in [-0.1, -0.05) is 80.6 Å². The number of carboxylic acids is 1. The molecule has 3 N–H and O–H groups in total. The van der Waals surface area contributed by atoms with Gasteiger partial charge in [-0.2, -0.15) is 0 Å². The number of carbonyl (C=O) groups excluding carboxylic acids is 2. The van der Waals surface area contributed by atoms with Crippen molar-refractivity contribution in [2.24, 2.45) is 5.92 Å². The lowest BCUT2D eigenvalue weighted by Gasteiger charge is -2.28. The fraction of sp³-hybridized carbons (Fsp3) is 0.300. The Morgan fingerprint density at radius 1 is 0.872 bits per heavy atom. The Bertz CT molecular complexity index is 1230. The van der Waals surface area contributed by atoms with Crippen LogP contribution in [0, 0.1) is 11.7 Å². The zero-order valence-corrected chi connectivity index (χ0v) is 21.9. The van der Waals surface area contributed by atoms with Crippen LogP contribution in [0.3, 0.4) is 0 Å². The van der Waals surface area contributed by atoms with E-state index in [0.29, 0.717) is 5.56 Å². The lowest BCUT2D eigenvalue weighted by molar-refractivity contribution is -0.155. The molecule has 0 radical (unpaired) electrons. The number of aliphatic hydroxyl groups is 1. The molecular formula is C30H33FN2O6. The van der Waals surface area contributed by atoms with Crippen molar-refractivity contribution in [3.63, 3.8) is 0 Å². The number of aliphatic hydroxyl groups excluding tert-OH is 1. The van der Waals surface area contributed by atoms with Crippen LogP contribution in [0.5, 0.6) is 0 Å². The van der Waals surface area contributed by atoms with Crippen molar-refractivity contribution in [1.82, 2.24) is 10.2 Å². The van der Waals surface area contributed by atoms with Gasteiger partial charge < -0.3 is 25.2 Å². The number of ether oxygens (including phenoxy) is 1. The SMILES string of the molecule is CC(C)CN(CC(O)C(=O)OCc1ccccc1)C(=O)N[C@@H](Cc1ccc(-c2ccc(F)cc2)cc1)C(=O)O. The largest absolute Gasteiger partial charge is 0.480 e. The number of carboxylic acid groups (broad SMARTS) is 1. The van der Waals surface area contributed by atoms with Crippen LogP contribution >= 0.6 is 0 Å². The molecule has 2 atom stereocenters. The fourth-order valence-corrected chi connectivity index (χ4v) is 3.94. The maximum absolute atomic E-state index is 13.2. The van der Waals surface area contributed by atoms with Gasteiger partial charge >= 0.3 is 18.0 Å². The van der Waals surface area contributed by atoms with Crippen LogP contribution in [-0.2, 0) is 27.4 Å². The minimum absolute atomic E-state index is 0.00873. The highest BCUT2D eigenvalue weighted by Gasteiger charge is 2.28. The molecule has 0 heterocycles. The Morgan fingerprint density at radius 2 is 1.46 bits per heavy atom. The number of hydrogen-bond acceptors (Lipinski definition) is 5. The normalized spacial score (nSPS) is 12.4. The molecule has 3 rings (SSSR count). The van der Waals surface area contributed by atoms with E-state index in [4.69, 9.17) is 4.74 Å². The molecule has 8 nitrogen and oxygen atoms in total. The smallest absolute Gasteiger partial charge is 0.337 e. The number of urea groups is 1. The molecule has 0 fully saturated rings. The fourth-order valence-electron chi connectivity index (χ4n) is 3.94. The van der Waals surface area contributed by atoms with Gasteiger partial charge in [-0.25, -0.2) is 18.8 Å². The number of hydrogen-bond donors (Lipinski definition) is 3. The molecule has 39 heavy (non-hydrogen) atoms. The summed E-state index contributed by atoms with van der Waals surface area (Å²) < 4.78 is 18.4. The number of amides is 2. The maximum atomic E-state index is 13.2. The molecular weight excluding hydrogens is 503 g/mol. The van der Waals surface area contributed by atoms with E-state index in [1.54, 1.807) is 60.7 Å². The highest BCUT2D eigenvalue weighted by atomic mass is 19.1. The zero-order valence-electron chi connectivity index (χ0n) is 21.9. The first-order valence-corrected chi connectivity index (χ1v) is 12.6. The molecule has 2 amide bonds. The van der Waals surface area contributed by atoms with Crippen molar-refractivity contribution in [1.29, 1.82) is 0 Å². The molecule has 0 bridgehead atoms. The van der Waals surface area contributed by atoms with Crippen LogP contribution in [0.1, 0.15) is 25.0 Å². The van der Waals surface area contributed by atoms with Crippen LogP contribution in [0.15, 0.2) is 78.9 Å². The third kappa shape index (κ3) is 9.22. The maximum Gasteiger partial charge on any atom is 0.337 e. The summed E-state index contributed by atoms with van der Waals surface area (Å²) >= 11 is 0. The number of benzene rings is 3. The number of nitrogens with one attached hydrogen (secondary N) is 1. The van der Waals surface area contributed by atoms with Crippen LogP contribution in [-0.4, -0.2) is 58.3 Å². The molecule has 9 heteroatoms. The molecule has 1 unspecified atom stereocenters. The molecule has 0 aromatic heterocycles. The Balaban J connectivity index is 1.62. The highest BCUT2D eigenvalue weighted by Crippen LogP contribution is 2.20. The van der Waals surface area contributed by atoms with E-state index in [1.165, 1.54) is 17.0 Å². The first-order valence-electron chi connectivity index (χ1n) is 12.6. The predicted molar refractivity (Wildman–Crippen MR) is 144 cm³/mol. The van der Waals surface area contributed by atoms with Crippen molar-refractivity contribution in [3.05, 3.63) is 95.8 Å². The van der Waals surface area contributed by atoms with E-state index < -0.39 is 30.1 Å². The average Bonchev–Trinajstić information content (AvgIpc) is 2.92. The number of esters is 1. The summed E-state index contributed by atoms with van der Waals surface area (Å²) in [4.78, 5) is 38.6. The monoisotopic (exact) mass is 536 g/mol. The number of carbonyl (C=O) groups is 3. The summed E-state index contributed by atoms with van der Waals surface area (Å²) in [6, 6.07) is 20.1. The summed E-state index contributed by atoms with van der Waals surface area (Å²) in [5.74, 6) is -2.45. The molecule has 0 spiro atoms. The van der Waals surface area contributed by atoms with Gasteiger partial charge in [-0.3, -0.25) is 0 Å². The van der Waals surface area contributed by atoms with Gasteiger partial charge in [-0.15, -0.1) is 0 Å². The van der Waals surface area contributed by atoms with Crippen LogP contribution < -0.4 is 5.32 Å². The molecule has 3 aromatic rings.